The van der Waals surface area contributed by atoms with Crippen molar-refractivity contribution in [3.8, 4) is 5.75 Å². The molecule has 2 aromatic rings. The molecule has 1 amide bonds. The van der Waals surface area contributed by atoms with Gasteiger partial charge in [-0.15, -0.1) is 24.0 Å². The average Bonchev–Trinajstić information content (AvgIpc) is 3.21. The molecule has 1 heterocycles. The quantitative estimate of drug-likeness (QED) is 0.241. The molecule has 33 heavy (non-hydrogen) atoms. The van der Waals surface area contributed by atoms with E-state index >= 15 is 0 Å². The number of aliphatic hydroxyl groups is 1. The number of carbonyl (C=O) groups excluding carboxylic acids is 1. The highest BCUT2D eigenvalue weighted by atomic mass is 127. The molecule has 2 aromatic carbocycles. The number of rotatable bonds is 9. The lowest BCUT2D eigenvalue weighted by Crippen LogP contribution is -2.39. The van der Waals surface area contributed by atoms with Gasteiger partial charge in [0.05, 0.1) is 12.6 Å². The van der Waals surface area contributed by atoms with Crippen LogP contribution in [0, 0.1) is 0 Å². The molecule has 7 nitrogen and oxygen atoms in total. The molecule has 3 rings (SSSR count). The maximum atomic E-state index is 12.2. The van der Waals surface area contributed by atoms with Crippen LogP contribution in [0.2, 0.25) is 0 Å². The van der Waals surface area contributed by atoms with Gasteiger partial charge >= 0.3 is 6.61 Å². The van der Waals surface area contributed by atoms with Crippen LogP contribution < -0.4 is 20.3 Å². The highest BCUT2D eigenvalue weighted by Gasteiger charge is 2.21. The summed E-state index contributed by atoms with van der Waals surface area (Å²) in [5.41, 5.74) is 2.47. The molecule has 0 radical (unpaired) electrons. The Morgan fingerprint density at radius 1 is 1.15 bits per heavy atom. The Morgan fingerprint density at radius 2 is 1.85 bits per heavy atom. The number of anilines is 1. The zero-order valence-electron chi connectivity index (χ0n) is 18.3. The molecule has 0 bridgehead atoms. The van der Waals surface area contributed by atoms with Gasteiger partial charge in [0.2, 0.25) is 5.91 Å². The molecule has 1 unspecified atom stereocenters. The van der Waals surface area contributed by atoms with E-state index in [-0.39, 0.29) is 42.2 Å². The first kappa shape index (κ1) is 26.8. The summed E-state index contributed by atoms with van der Waals surface area (Å²) >= 11 is 0. The van der Waals surface area contributed by atoms with Crippen molar-refractivity contribution in [1.29, 1.82) is 0 Å². The Hall–Kier alpha value is -2.47. The van der Waals surface area contributed by atoms with Gasteiger partial charge in [-0.05, 0) is 48.7 Å². The molecular formula is C23H29F2IN4O3. The second-order valence-corrected chi connectivity index (χ2v) is 7.35. The first-order valence-electron chi connectivity index (χ1n) is 10.6. The number of aliphatic hydroxyl groups excluding tert-OH is 1. The minimum Gasteiger partial charge on any atom is -0.435 e. The summed E-state index contributed by atoms with van der Waals surface area (Å²) in [6, 6.07) is 13.6. The smallest absolute Gasteiger partial charge is 0.387 e. The van der Waals surface area contributed by atoms with Crippen molar-refractivity contribution in [2.24, 2.45) is 4.99 Å². The van der Waals surface area contributed by atoms with E-state index in [1.165, 1.54) is 12.1 Å². The SMILES string of the molecule is CCNC(=NCc1ccc(N2CCCC2=O)cc1)NCC(O)c1ccc(OC(F)F)cc1.I. The van der Waals surface area contributed by atoms with Gasteiger partial charge < -0.3 is 25.4 Å². The van der Waals surface area contributed by atoms with E-state index in [0.29, 0.717) is 31.0 Å². The lowest BCUT2D eigenvalue weighted by atomic mass is 10.1. The van der Waals surface area contributed by atoms with E-state index < -0.39 is 12.7 Å². The second kappa shape index (κ2) is 13.3. The lowest BCUT2D eigenvalue weighted by molar-refractivity contribution is -0.117. The zero-order valence-corrected chi connectivity index (χ0v) is 20.7. The van der Waals surface area contributed by atoms with Gasteiger partial charge in [-0.3, -0.25) is 4.79 Å². The fourth-order valence-electron chi connectivity index (χ4n) is 3.40. The Morgan fingerprint density at radius 3 is 2.42 bits per heavy atom. The fraction of sp³-hybridized carbons (Fsp3) is 0.391. The number of alkyl halides is 2. The number of nitrogens with zero attached hydrogens (tertiary/aromatic N) is 2. The number of hydrogen-bond donors (Lipinski definition) is 3. The number of halogens is 3. The zero-order chi connectivity index (χ0) is 22.9. The fourth-order valence-corrected chi connectivity index (χ4v) is 3.40. The molecule has 1 atom stereocenters. The number of benzene rings is 2. The molecule has 1 aliphatic heterocycles. The van der Waals surface area contributed by atoms with Crippen LogP contribution in [0.4, 0.5) is 14.5 Å². The van der Waals surface area contributed by atoms with Crippen molar-refractivity contribution in [1.82, 2.24) is 10.6 Å². The van der Waals surface area contributed by atoms with Crippen LogP contribution in [0.25, 0.3) is 0 Å². The number of carbonyl (C=O) groups is 1. The van der Waals surface area contributed by atoms with E-state index in [1.807, 2.05) is 31.2 Å². The van der Waals surface area contributed by atoms with Gasteiger partial charge in [-0.2, -0.15) is 8.78 Å². The Labute approximate surface area is 209 Å². The van der Waals surface area contributed by atoms with E-state index in [4.69, 9.17) is 0 Å². The maximum absolute atomic E-state index is 12.2. The van der Waals surface area contributed by atoms with Gasteiger partial charge in [0.15, 0.2) is 5.96 Å². The summed E-state index contributed by atoms with van der Waals surface area (Å²) in [6.07, 6.45) is 0.641. The van der Waals surface area contributed by atoms with Gasteiger partial charge in [0.1, 0.15) is 5.75 Å². The number of nitrogens with one attached hydrogen (secondary N) is 2. The molecule has 0 aromatic heterocycles. The van der Waals surface area contributed by atoms with Gasteiger partial charge in [0.25, 0.3) is 0 Å². The van der Waals surface area contributed by atoms with Gasteiger partial charge in [-0.25, -0.2) is 4.99 Å². The topological polar surface area (TPSA) is 86.2 Å². The molecule has 1 saturated heterocycles. The molecule has 0 saturated carbocycles. The standard InChI is InChI=1S/C23H28F2N4O3.HI/c1-2-26-23(28-15-20(30)17-7-11-19(12-8-17)32-22(24)25)27-14-16-5-9-18(10-6-16)29-13-3-4-21(29)31;/h5-12,20,22,30H,2-4,13-15H2,1H3,(H2,26,27,28);1H. The third-order valence-electron chi connectivity index (χ3n) is 5.04. The van der Waals surface area contributed by atoms with Crippen LogP contribution in [0.15, 0.2) is 53.5 Å². The van der Waals surface area contributed by atoms with Crippen molar-refractivity contribution in [3.05, 3.63) is 59.7 Å². The molecular weight excluding hydrogens is 545 g/mol. The summed E-state index contributed by atoms with van der Waals surface area (Å²) in [5.74, 6) is 0.742. The van der Waals surface area contributed by atoms with E-state index in [1.54, 1.807) is 17.0 Å². The van der Waals surface area contributed by atoms with Crippen LogP contribution in [0.5, 0.6) is 5.75 Å². The summed E-state index contributed by atoms with van der Waals surface area (Å²) in [7, 11) is 0. The summed E-state index contributed by atoms with van der Waals surface area (Å²) in [6.45, 7) is 1.09. The number of aliphatic imine (C=N–C) groups is 1. The molecule has 180 valence electrons. The third-order valence-corrected chi connectivity index (χ3v) is 5.04. The van der Waals surface area contributed by atoms with Crippen LogP contribution >= 0.6 is 24.0 Å². The minimum absolute atomic E-state index is 0. The van der Waals surface area contributed by atoms with Crippen molar-refractivity contribution >= 4 is 41.5 Å². The first-order valence-corrected chi connectivity index (χ1v) is 10.6. The van der Waals surface area contributed by atoms with Crippen LogP contribution in [-0.2, 0) is 11.3 Å². The molecule has 1 fully saturated rings. The second-order valence-electron chi connectivity index (χ2n) is 7.35. The monoisotopic (exact) mass is 574 g/mol. The predicted octanol–water partition coefficient (Wildman–Crippen LogP) is 3.82. The Balaban J connectivity index is 0.00000385. The number of hydrogen-bond acceptors (Lipinski definition) is 4. The van der Waals surface area contributed by atoms with E-state index in [0.717, 1.165) is 24.2 Å². The van der Waals surface area contributed by atoms with Crippen molar-refractivity contribution in [3.63, 3.8) is 0 Å². The average molecular weight is 574 g/mol. The van der Waals surface area contributed by atoms with Crippen molar-refractivity contribution in [2.75, 3.05) is 24.5 Å². The van der Waals surface area contributed by atoms with Gasteiger partial charge in [-0.1, -0.05) is 24.3 Å². The molecule has 3 N–H and O–H groups in total. The normalized spacial score (nSPS) is 14.8. The van der Waals surface area contributed by atoms with Crippen molar-refractivity contribution in [2.45, 2.75) is 39.0 Å². The molecule has 10 heteroatoms. The van der Waals surface area contributed by atoms with Gasteiger partial charge in [0, 0.05) is 31.7 Å². The third kappa shape index (κ3) is 8.11. The summed E-state index contributed by atoms with van der Waals surface area (Å²) < 4.78 is 28.8. The number of amides is 1. The summed E-state index contributed by atoms with van der Waals surface area (Å²) in [4.78, 5) is 18.2. The molecule has 1 aliphatic rings. The Bertz CT molecular complexity index is 911. The van der Waals surface area contributed by atoms with E-state index in [9.17, 15) is 18.7 Å². The first-order chi connectivity index (χ1) is 15.5. The lowest BCUT2D eigenvalue weighted by Gasteiger charge is -2.17. The van der Waals surface area contributed by atoms with Crippen molar-refractivity contribution < 1.29 is 23.4 Å². The van der Waals surface area contributed by atoms with E-state index in [2.05, 4.69) is 20.4 Å². The number of ether oxygens (including phenoxy) is 1. The summed E-state index contributed by atoms with van der Waals surface area (Å²) in [5, 5.41) is 16.6. The van der Waals surface area contributed by atoms with Crippen LogP contribution in [-0.4, -0.2) is 43.2 Å². The van der Waals surface area contributed by atoms with Crippen LogP contribution in [0.1, 0.15) is 37.0 Å². The highest BCUT2D eigenvalue weighted by Crippen LogP contribution is 2.22. The molecule has 0 aliphatic carbocycles. The predicted molar refractivity (Wildman–Crippen MR) is 134 cm³/mol. The molecule has 0 spiro atoms. The minimum atomic E-state index is -2.88. The largest absolute Gasteiger partial charge is 0.435 e. The van der Waals surface area contributed by atoms with Crippen LogP contribution in [0.3, 0.4) is 0 Å². The maximum Gasteiger partial charge on any atom is 0.387 e. The Kier molecular flexibility index (Phi) is 10.8. The number of guanidine groups is 1. The highest BCUT2D eigenvalue weighted by molar-refractivity contribution is 14.0.